The normalized spacial score (nSPS) is 17.4. The molecular formula is C11H14N2O6S. The number of phenols is 1. The SMILES string of the molecule is O=[N+]([O-])c1cc(S(=O)(=O)NC2(CO)CCC2)ccc1O. The zero-order valence-corrected chi connectivity index (χ0v) is 11.3. The smallest absolute Gasteiger partial charge is 0.312 e. The number of rotatable bonds is 5. The predicted molar refractivity (Wildman–Crippen MR) is 68.8 cm³/mol. The summed E-state index contributed by atoms with van der Waals surface area (Å²) in [7, 11) is -3.99. The first kappa shape index (κ1) is 14.7. The number of sulfonamides is 1. The topological polar surface area (TPSA) is 130 Å². The second kappa shape index (κ2) is 5.00. The number of aliphatic hydroxyl groups excluding tert-OH is 1. The Bertz CT molecular complexity index is 633. The fraction of sp³-hybridized carbons (Fsp3) is 0.455. The standard InChI is InChI=1S/C11H14N2O6S/c14-7-11(4-1-5-11)12-20(18,19)8-2-3-10(15)9(6-8)13(16)17/h2-3,6,12,14-15H,1,4-5,7H2. The van der Waals surface area contributed by atoms with Gasteiger partial charge in [-0.1, -0.05) is 0 Å². The monoisotopic (exact) mass is 302 g/mol. The molecular weight excluding hydrogens is 288 g/mol. The first-order valence-corrected chi connectivity index (χ1v) is 7.40. The zero-order valence-electron chi connectivity index (χ0n) is 10.4. The van der Waals surface area contributed by atoms with E-state index in [0.717, 1.165) is 24.6 Å². The van der Waals surface area contributed by atoms with Gasteiger partial charge in [0.25, 0.3) is 0 Å². The van der Waals surface area contributed by atoms with Crippen LogP contribution in [0.2, 0.25) is 0 Å². The van der Waals surface area contributed by atoms with E-state index >= 15 is 0 Å². The minimum absolute atomic E-state index is 0.318. The molecule has 8 nitrogen and oxygen atoms in total. The van der Waals surface area contributed by atoms with Crippen molar-refractivity contribution in [1.29, 1.82) is 0 Å². The van der Waals surface area contributed by atoms with Gasteiger partial charge in [-0.15, -0.1) is 0 Å². The highest BCUT2D eigenvalue weighted by Gasteiger charge is 2.40. The molecule has 0 atom stereocenters. The van der Waals surface area contributed by atoms with Crippen molar-refractivity contribution in [3.8, 4) is 5.75 Å². The van der Waals surface area contributed by atoms with Gasteiger partial charge in [-0.3, -0.25) is 10.1 Å². The largest absolute Gasteiger partial charge is 0.502 e. The summed E-state index contributed by atoms with van der Waals surface area (Å²) in [6, 6.07) is 2.83. The van der Waals surface area contributed by atoms with Crippen molar-refractivity contribution in [2.24, 2.45) is 0 Å². The fourth-order valence-corrected chi connectivity index (χ4v) is 3.53. The van der Waals surface area contributed by atoms with Crippen LogP contribution in [0.3, 0.4) is 0 Å². The van der Waals surface area contributed by atoms with Crippen molar-refractivity contribution in [2.75, 3.05) is 6.61 Å². The van der Waals surface area contributed by atoms with E-state index in [1.807, 2.05) is 0 Å². The van der Waals surface area contributed by atoms with Gasteiger partial charge in [0.05, 0.1) is 22.0 Å². The molecule has 0 bridgehead atoms. The van der Waals surface area contributed by atoms with Crippen LogP contribution in [0.5, 0.6) is 5.75 Å². The number of nitrogens with zero attached hydrogens (tertiary/aromatic N) is 1. The molecule has 20 heavy (non-hydrogen) atoms. The molecule has 1 saturated carbocycles. The van der Waals surface area contributed by atoms with Crippen molar-refractivity contribution >= 4 is 15.7 Å². The summed E-state index contributed by atoms with van der Waals surface area (Å²) >= 11 is 0. The van der Waals surface area contributed by atoms with Crippen LogP contribution in [-0.4, -0.2) is 35.7 Å². The zero-order chi connectivity index (χ0) is 15.0. The Morgan fingerprint density at radius 1 is 1.40 bits per heavy atom. The third kappa shape index (κ3) is 2.60. The summed E-state index contributed by atoms with van der Waals surface area (Å²) in [6.07, 6.45) is 1.84. The van der Waals surface area contributed by atoms with Crippen molar-refractivity contribution in [3.63, 3.8) is 0 Å². The van der Waals surface area contributed by atoms with Gasteiger partial charge in [0, 0.05) is 6.07 Å². The molecule has 1 aliphatic rings. The Morgan fingerprint density at radius 2 is 2.05 bits per heavy atom. The van der Waals surface area contributed by atoms with Gasteiger partial charge in [0.1, 0.15) is 0 Å². The molecule has 2 rings (SSSR count). The van der Waals surface area contributed by atoms with Crippen LogP contribution < -0.4 is 4.72 Å². The molecule has 9 heteroatoms. The molecule has 0 radical (unpaired) electrons. The predicted octanol–water partition coefficient (Wildman–Crippen LogP) is 0.494. The van der Waals surface area contributed by atoms with E-state index in [4.69, 9.17) is 0 Å². The summed E-state index contributed by atoms with van der Waals surface area (Å²) < 4.78 is 26.7. The van der Waals surface area contributed by atoms with Gasteiger partial charge in [-0.05, 0) is 31.4 Å². The lowest BCUT2D eigenvalue weighted by molar-refractivity contribution is -0.386. The molecule has 3 N–H and O–H groups in total. The van der Waals surface area contributed by atoms with Crippen molar-refractivity contribution < 1.29 is 23.6 Å². The number of hydrogen-bond acceptors (Lipinski definition) is 6. The summed E-state index contributed by atoms with van der Waals surface area (Å²) in [5, 5.41) is 29.3. The van der Waals surface area contributed by atoms with E-state index in [1.54, 1.807) is 0 Å². The number of nitro benzene ring substituents is 1. The van der Waals surface area contributed by atoms with Gasteiger partial charge >= 0.3 is 5.69 Å². The molecule has 0 aromatic heterocycles. The van der Waals surface area contributed by atoms with Crippen LogP contribution in [0.1, 0.15) is 19.3 Å². The second-order valence-electron chi connectivity index (χ2n) is 4.81. The quantitative estimate of drug-likeness (QED) is 0.536. The lowest BCUT2D eigenvalue weighted by Gasteiger charge is -2.40. The third-order valence-corrected chi connectivity index (χ3v) is 4.99. The minimum atomic E-state index is -3.99. The van der Waals surface area contributed by atoms with E-state index in [2.05, 4.69) is 4.72 Å². The molecule has 0 aliphatic heterocycles. The minimum Gasteiger partial charge on any atom is -0.502 e. The van der Waals surface area contributed by atoms with Crippen LogP contribution in [0.25, 0.3) is 0 Å². The number of nitro groups is 1. The van der Waals surface area contributed by atoms with Gasteiger partial charge in [0.15, 0.2) is 5.75 Å². The van der Waals surface area contributed by atoms with Crippen LogP contribution >= 0.6 is 0 Å². The summed E-state index contributed by atoms with van der Waals surface area (Å²) in [6.45, 7) is -0.327. The van der Waals surface area contributed by atoms with Crippen molar-refractivity contribution in [1.82, 2.24) is 4.72 Å². The molecule has 1 aromatic carbocycles. The molecule has 0 saturated heterocycles. The molecule has 1 fully saturated rings. The number of phenolic OH excluding ortho intramolecular Hbond substituents is 1. The van der Waals surface area contributed by atoms with Crippen molar-refractivity contribution in [3.05, 3.63) is 28.3 Å². The average Bonchev–Trinajstić information content (AvgIpc) is 2.34. The number of aliphatic hydroxyl groups is 1. The molecule has 0 unspecified atom stereocenters. The Hall–Kier alpha value is -1.71. The van der Waals surface area contributed by atoms with E-state index in [0.29, 0.717) is 12.8 Å². The number of nitrogens with one attached hydrogen (secondary N) is 1. The lowest BCUT2D eigenvalue weighted by Crippen LogP contribution is -2.55. The lowest BCUT2D eigenvalue weighted by atomic mass is 9.78. The van der Waals surface area contributed by atoms with Gasteiger partial charge < -0.3 is 10.2 Å². The Labute approximate surface area is 115 Å². The Morgan fingerprint density at radius 3 is 2.50 bits per heavy atom. The van der Waals surface area contributed by atoms with E-state index < -0.39 is 31.9 Å². The van der Waals surface area contributed by atoms with Crippen LogP contribution in [0.15, 0.2) is 23.1 Å². The first-order valence-electron chi connectivity index (χ1n) is 5.92. The Kier molecular flexibility index (Phi) is 3.67. The van der Waals surface area contributed by atoms with E-state index in [-0.39, 0.29) is 11.5 Å². The van der Waals surface area contributed by atoms with E-state index in [9.17, 15) is 28.7 Å². The summed E-state index contributed by atoms with van der Waals surface area (Å²) in [5.41, 5.74) is -1.56. The molecule has 1 aliphatic carbocycles. The third-order valence-electron chi connectivity index (χ3n) is 3.42. The maximum atomic E-state index is 12.2. The van der Waals surface area contributed by atoms with Gasteiger partial charge in [-0.2, -0.15) is 0 Å². The molecule has 0 spiro atoms. The van der Waals surface area contributed by atoms with E-state index in [1.165, 1.54) is 0 Å². The molecule has 1 aromatic rings. The first-order chi connectivity index (χ1) is 9.30. The highest BCUT2D eigenvalue weighted by molar-refractivity contribution is 7.89. The average molecular weight is 302 g/mol. The van der Waals surface area contributed by atoms with Crippen LogP contribution in [-0.2, 0) is 10.0 Å². The molecule has 0 heterocycles. The second-order valence-corrected chi connectivity index (χ2v) is 6.49. The highest BCUT2D eigenvalue weighted by Crippen LogP contribution is 2.34. The molecule has 0 amide bonds. The molecule has 110 valence electrons. The Balaban J connectivity index is 2.35. The van der Waals surface area contributed by atoms with Crippen LogP contribution in [0, 0.1) is 10.1 Å². The van der Waals surface area contributed by atoms with Crippen molar-refractivity contribution in [2.45, 2.75) is 29.7 Å². The summed E-state index contributed by atoms with van der Waals surface area (Å²) in [5.74, 6) is -0.602. The van der Waals surface area contributed by atoms with Crippen LogP contribution in [0.4, 0.5) is 5.69 Å². The highest BCUT2D eigenvalue weighted by atomic mass is 32.2. The fourth-order valence-electron chi connectivity index (χ4n) is 2.06. The summed E-state index contributed by atoms with van der Waals surface area (Å²) in [4.78, 5) is 9.52. The maximum Gasteiger partial charge on any atom is 0.312 e. The number of benzene rings is 1. The maximum absolute atomic E-state index is 12.2. The van der Waals surface area contributed by atoms with Gasteiger partial charge in [-0.25, -0.2) is 13.1 Å². The number of aromatic hydroxyl groups is 1. The number of hydrogen-bond donors (Lipinski definition) is 3. The van der Waals surface area contributed by atoms with Gasteiger partial charge in [0.2, 0.25) is 10.0 Å².